The second kappa shape index (κ2) is 9.50. The summed E-state index contributed by atoms with van der Waals surface area (Å²) in [6.07, 6.45) is 2.04. The molecule has 0 aliphatic carbocycles. The molecule has 3 rings (SSSR count). The van der Waals surface area contributed by atoms with Gasteiger partial charge >= 0.3 is 6.01 Å². The number of ether oxygens (including phenoxy) is 1. The minimum atomic E-state index is -3.43. The van der Waals surface area contributed by atoms with Gasteiger partial charge in [0, 0.05) is 24.4 Å². The monoisotopic (exact) mass is 470 g/mol. The number of nitrogens with zero attached hydrogens (tertiary/aromatic N) is 4. The lowest BCUT2D eigenvalue weighted by molar-refractivity contribution is 0.434. The number of nitriles is 1. The molecule has 0 N–H and O–H groups in total. The van der Waals surface area contributed by atoms with E-state index in [1.165, 1.54) is 16.7 Å². The summed E-state index contributed by atoms with van der Waals surface area (Å²) < 4.78 is 45.8. The highest BCUT2D eigenvalue weighted by Gasteiger charge is 2.18. The normalized spacial score (nSPS) is 11.3. The van der Waals surface area contributed by atoms with Crippen molar-refractivity contribution in [2.45, 2.75) is 32.9 Å². The van der Waals surface area contributed by atoms with E-state index in [4.69, 9.17) is 4.74 Å². The van der Waals surface area contributed by atoms with Gasteiger partial charge in [0.25, 0.3) is 5.56 Å². The molecule has 2 heterocycles. The van der Waals surface area contributed by atoms with Crippen molar-refractivity contribution in [1.82, 2.24) is 14.5 Å². The summed E-state index contributed by atoms with van der Waals surface area (Å²) in [4.78, 5) is 20.7. The third kappa shape index (κ3) is 5.62. The zero-order valence-corrected chi connectivity index (χ0v) is 19.5. The van der Waals surface area contributed by atoms with Gasteiger partial charge in [0.1, 0.15) is 11.9 Å². The molecule has 10 heteroatoms. The van der Waals surface area contributed by atoms with E-state index in [1.807, 2.05) is 6.07 Å². The molecule has 172 valence electrons. The van der Waals surface area contributed by atoms with E-state index in [2.05, 4.69) is 9.97 Å². The summed E-state index contributed by atoms with van der Waals surface area (Å²) in [5.41, 5.74) is 1.74. The number of benzene rings is 1. The van der Waals surface area contributed by atoms with Crippen molar-refractivity contribution >= 4 is 9.84 Å². The highest BCUT2D eigenvalue weighted by molar-refractivity contribution is 7.90. The lowest BCUT2D eigenvalue weighted by atomic mass is 10.1. The van der Waals surface area contributed by atoms with E-state index in [-0.39, 0.29) is 40.1 Å². The standard InChI is InChI=1S/C23H23FN4O4S/c1-5-6-33(30,31)13-19-10-20(17-7-15(3)22(29)28(4)12-17)27-23(26-19)32-21-14(2)8-18(24)9-16(21)11-25/h7-10,12H,5-6,13H2,1-4H3. The number of hydrogen-bond acceptors (Lipinski definition) is 7. The van der Waals surface area contributed by atoms with Crippen LogP contribution < -0.4 is 10.3 Å². The fourth-order valence-electron chi connectivity index (χ4n) is 3.41. The molecule has 0 radical (unpaired) electrons. The van der Waals surface area contributed by atoms with Gasteiger partial charge < -0.3 is 9.30 Å². The van der Waals surface area contributed by atoms with Crippen molar-refractivity contribution in [3.05, 3.63) is 69.0 Å². The molecule has 2 aromatic heterocycles. The summed E-state index contributed by atoms with van der Waals surface area (Å²) in [5, 5.41) is 9.38. The molecular formula is C23H23FN4O4S. The van der Waals surface area contributed by atoms with Crippen LogP contribution in [0.15, 0.2) is 35.3 Å². The Morgan fingerprint density at radius 2 is 1.88 bits per heavy atom. The average molecular weight is 471 g/mol. The predicted octanol–water partition coefficient (Wildman–Crippen LogP) is 3.59. The molecule has 33 heavy (non-hydrogen) atoms. The Kier molecular flexibility index (Phi) is 6.93. The summed E-state index contributed by atoms with van der Waals surface area (Å²) >= 11 is 0. The van der Waals surface area contributed by atoms with Crippen molar-refractivity contribution in [1.29, 1.82) is 5.26 Å². The number of hydrogen-bond donors (Lipinski definition) is 0. The number of aromatic nitrogens is 3. The van der Waals surface area contributed by atoms with Crippen LogP contribution >= 0.6 is 0 Å². The van der Waals surface area contributed by atoms with Gasteiger partial charge in [-0.1, -0.05) is 6.92 Å². The third-order valence-corrected chi connectivity index (χ3v) is 6.62. The highest BCUT2D eigenvalue weighted by Crippen LogP contribution is 2.30. The average Bonchev–Trinajstić information content (AvgIpc) is 2.72. The van der Waals surface area contributed by atoms with Crippen molar-refractivity contribution in [3.63, 3.8) is 0 Å². The summed E-state index contributed by atoms with van der Waals surface area (Å²) in [6, 6.07) is 7.11. The van der Waals surface area contributed by atoms with E-state index in [0.29, 0.717) is 28.8 Å². The second-order valence-corrected chi connectivity index (χ2v) is 9.94. The first-order valence-corrected chi connectivity index (χ1v) is 12.0. The number of sulfone groups is 1. The molecule has 0 aliphatic heterocycles. The fourth-order valence-corrected chi connectivity index (χ4v) is 4.77. The van der Waals surface area contributed by atoms with E-state index in [9.17, 15) is 22.9 Å². The van der Waals surface area contributed by atoms with Crippen LogP contribution in [0.3, 0.4) is 0 Å². The van der Waals surface area contributed by atoms with Crippen molar-refractivity contribution in [3.8, 4) is 29.1 Å². The number of halogens is 1. The molecule has 1 aromatic carbocycles. The van der Waals surface area contributed by atoms with E-state index >= 15 is 0 Å². The maximum absolute atomic E-state index is 13.7. The largest absolute Gasteiger partial charge is 0.423 e. The lowest BCUT2D eigenvalue weighted by Crippen LogP contribution is -2.18. The number of rotatable bonds is 7. The van der Waals surface area contributed by atoms with Crippen molar-refractivity contribution in [2.75, 3.05) is 5.75 Å². The van der Waals surface area contributed by atoms with Crippen molar-refractivity contribution < 1.29 is 17.5 Å². The predicted molar refractivity (Wildman–Crippen MR) is 121 cm³/mol. The number of pyridine rings is 1. The van der Waals surface area contributed by atoms with Crippen LogP contribution in [0.25, 0.3) is 11.3 Å². The third-order valence-electron chi connectivity index (χ3n) is 4.85. The van der Waals surface area contributed by atoms with Crippen LogP contribution in [0.5, 0.6) is 11.8 Å². The van der Waals surface area contributed by atoms with Gasteiger partial charge in [-0.15, -0.1) is 0 Å². The molecule has 0 amide bonds. The van der Waals surface area contributed by atoms with Gasteiger partial charge in [0.15, 0.2) is 15.6 Å². The molecule has 0 unspecified atom stereocenters. The van der Waals surface area contributed by atoms with Crippen molar-refractivity contribution in [2.24, 2.45) is 7.05 Å². The van der Waals surface area contributed by atoms with E-state index < -0.39 is 15.7 Å². The first-order chi connectivity index (χ1) is 15.5. The quantitative estimate of drug-likeness (QED) is 0.518. The molecule has 0 atom stereocenters. The smallest absolute Gasteiger partial charge is 0.322 e. The van der Waals surface area contributed by atoms with Crippen LogP contribution in [0.1, 0.15) is 35.7 Å². The Balaban J connectivity index is 2.16. The topological polar surface area (TPSA) is 115 Å². The van der Waals surface area contributed by atoms with Gasteiger partial charge in [-0.2, -0.15) is 15.2 Å². The summed E-state index contributed by atoms with van der Waals surface area (Å²) in [6.45, 7) is 5.01. The van der Waals surface area contributed by atoms with Gasteiger partial charge in [-0.25, -0.2) is 12.8 Å². The maximum Gasteiger partial charge on any atom is 0.322 e. The van der Waals surface area contributed by atoms with Gasteiger partial charge in [-0.05, 0) is 50.1 Å². The van der Waals surface area contributed by atoms with Crippen LogP contribution in [0.4, 0.5) is 4.39 Å². The molecular weight excluding hydrogens is 447 g/mol. The molecule has 3 aromatic rings. The molecule has 8 nitrogen and oxygen atoms in total. The van der Waals surface area contributed by atoms with Gasteiger partial charge in [-0.3, -0.25) is 4.79 Å². The fraction of sp³-hybridized carbons (Fsp3) is 0.304. The lowest BCUT2D eigenvalue weighted by Gasteiger charge is -2.13. The van der Waals surface area contributed by atoms with Crippen LogP contribution in [0.2, 0.25) is 0 Å². The molecule has 0 saturated carbocycles. The molecule has 0 aliphatic rings. The Hall–Kier alpha value is -3.58. The molecule has 0 saturated heterocycles. The maximum atomic E-state index is 13.7. The summed E-state index contributed by atoms with van der Waals surface area (Å²) in [5.74, 6) is -0.838. The Morgan fingerprint density at radius 1 is 1.15 bits per heavy atom. The van der Waals surface area contributed by atoms with Crippen LogP contribution in [-0.2, 0) is 22.6 Å². The Labute approximate surface area is 191 Å². The first kappa shape index (κ1) is 24.1. The minimum Gasteiger partial charge on any atom is -0.423 e. The SMILES string of the molecule is CCCS(=O)(=O)Cc1cc(-c2cc(C)c(=O)n(C)c2)nc(Oc2c(C)cc(F)cc2C#N)n1. The van der Waals surface area contributed by atoms with Gasteiger partial charge in [0.05, 0.1) is 28.5 Å². The zero-order chi connectivity index (χ0) is 24.3. The minimum absolute atomic E-state index is 0.00285. The first-order valence-electron chi connectivity index (χ1n) is 10.2. The van der Waals surface area contributed by atoms with E-state index in [0.717, 1.165) is 6.07 Å². The molecule has 0 spiro atoms. The molecule has 0 bridgehead atoms. The zero-order valence-electron chi connectivity index (χ0n) is 18.7. The second-order valence-electron chi connectivity index (χ2n) is 7.76. The summed E-state index contributed by atoms with van der Waals surface area (Å²) in [7, 11) is -1.82. The highest BCUT2D eigenvalue weighted by atomic mass is 32.2. The van der Waals surface area contributed by atoms with Gasteiger partial charge in [0.2, 0.25) is 0 Å². The van der Waals surface area contributed by atoms with Crippen LogP contribution in [0, 0.1) is 31.0 Å². The van der Waals surface area contributed by atoms with Crippen LogP contribution in [-0.4, -0.2) is 28.7 Å². The Bertz CT molecular complexity index is 1400. The molecule has 0 fully saturated rings. The number of aryl methyl sites for hydroxylation is 3. The Morgan fingerprint density at radius 3 is 2.52 bits per heavy atom. The van der Waals surface area contributed by atoms with E-state index in [1.54, 1.807) is 40.1 Å².